The van der Waals surface area contributed by atoms with Gasteiger partial charge in [0, 0.05) is 10.5 Å². The average Bonchev–Trinajstić information content (AvgIpc) is 3.01. The lowest BCUT2D eigenvalue weighted by Gasteiger charge is -2.08. The first kappa shape index (κ1) is 18.3. The third-order valence-electron chi connectivity index (χ3n) is 4.33. The fourth-order valence-corrected chi connectivity index (χ4v) is 3.35. The molecule has 0 unspecified atom stereocenters. The maximum absolute atomic E-state index is 12.6. The summed E-state index contributed by atoms with van der Waals surface area (Å²) in [6.07, 6.45) is 1.74. The largest absolute Gasteiger partial charge is 0.497 e. The highest BCUT2D eigenvalue weighted by molar-refractivity contribution is 9.10. The molecule has 3 aromatic carbocycles. The number of carbonyl (C=O) groups excluding carboxylic acids is 1. The van der Waals surface area contributed by atoms with Gasteiger partial charge in [-0.05, 0) is 53.6 Å². The third kappa shape index (κ3) is 3.94. The van der Waals surface area contributed by atoms with E-state index in [4.69, 9.17) is 14.2 Å². The van der Waals surface area contributed by atoms with E-state index in [9.17, 15) is 4.79 Å². The number of hydrogen-bond donors (Lipinski definition) is 0. The number of hydrogen-bond acceptors (Lipinski definition) is 4. The maximum atomic E-state index is 12.6. The van der Waals surface area contributed by atoms with Crippen molar-refractivity contribution in [3.05, 3.63) is 93.7 Å². The monoisotopic (exact) mass is 436 g/mol. The Bertz CT molecular complexity index is 1070. The summed E-state index contributed by atoms with van der Waals surface area (Å²) in [5.74, 6) is 2.10. The highest BCUT2D eigenvalue weighted by Gasteiger charge is 2.27. The lowest BCUT2D eigenvalue weighted by molar-refractivity contribution is 0.101. The minimum absolute atomic E-state index is 0.130. The predicted octanol–water partition coefficient (Wildman–Crippen LogP) is 5.65. The Hall–Kier alpha value is -3.05. The van der Waals surface area contributed by atoms with Crippen LogP contribution in [0.1, 0.15) is 21.5 Å². The van der Waals surface area contributed by atoms with Crippen LogP contribution in [0.4, 0.5) is 0 Å². The van der Waals surface area contributed by atoms with E-state index < -0.39 is 0 Å². The fraction of sp³-hybridized carbons (Fsp3) is 0.0870. The van der Waals surface area contributed by atoms with E-state index in [0.29, 0.717) is 29.4 Å². The maximum Gasteiger partial charge on any atom is 0.231 e. The lowest BCUT2D eigenvalue weighted by Crippen LogP contribution is -1.98. The normalized spacial score (nSPS) is 13.9. The molecule has 0 amide bonds. The number of carbonyl (C=O) groups is 1. The van der Waals surface area contributed by atoms with Gasteiger partial charge >= 0.3 is 0 Å². The fourth-order valence-electron chi connectivity index (χ4n) is 2.93. The van der Waals surface area contributed by atoms with Crippen LogP contribution in [0.5, 0.6) is 17.2 Å². The van der Waals surface area contributed by atoms with Crippen molar-refractivity contribution >= 4 is 27.8 Å². The van der Waals surface area contributed by atoms with Gasteiger partial charge in [0.1, 0.15) is 23.9 Å². The standard InChI is InChI=1S/C23H17BrO4/c1-26-18-7-3-5-16(11-18)14-27-19-8-9-20-21(13-19)28-22(23(20)25)12-15-4-2-6-17(24)10-15/h2-13H,14H2,1H3/b22-12-. The van der Waals surface area contributed by atoms with Crippen LogP contribution in [-0.4, -0.2) is 12.9 Å². The van der Waals surface area contributed by atoms with Crippen molar-refractivity contribution < 1.29 is 19.0 Å². The lowest BCUT2D eigenvalue weighted by atomic mass is 10.1. The van der Waals surface area contributed by atoms with Crippen LogP contribution in [0.15, 0.2) is 77.0 Å². The number of allylic oxidation sites excluding steroid dienone is 1. The SMILES string of the molecule is COc1cccc(COc2ccc3c(c2)O/C(=C\c2cccc(Br)c2)C3=O)c1. The number of methoxy groups -OCH3 is 1. The molecule has 0 saturated heterocycles. The van der Waals surface area contributed by atoms with Crippen LogP contribution in [0, 0.1) is 0 Å². The molecule has 4 nitrogen and oxygen atoms in total. The van der Waals surface area contributed by atoms with Gasteiger partial charge in [-0.3, -0.25) is 4.79 Å². The molecule has 3 aromatic rings. The van der Waals surface area contributed by atoms with E-state index in [1.165, 1.54) is 0 Å². The van der Waals surface area contributed by atoms with Gasteiger partial charge in [0.15, 0.2) is 5.76 Å². The first-order valence-electron chi connectivity index (χ1n) is 8.72. The smallest absolute Gasteiger partial charge is 0.231 e. The minimum atomic E-state index is -0.130. The Morgan fingerprint density at radius 2 is 1.86 bits per heavy atom. The zero-order valence-electron chi connectivity index (χ0n) is 15.1. The summed E-state index contributed by atoms with van der Waals surface area (Å²) in [5.41, 5.74) is 2.42. The highest BCUT2D eigenvalue weighted by atomic mass is 79.9. The predicted molar refractivity (Wildman–Crippen MR) is 111 cm³/mol. The number of fused-ring (bicyclic) bond motifs is 1. The average molecular weight is 437 g/mol. The molecule has 0 radical (unpaired) electrons. The summed E-state index contributed by atoms with van der Waals surface area (Å²) >= 11 is 3.43. The Morgan fingerprint density at radius 3 is 2.68 bits per heavy atom. The number of Topliss-reactive ketones (excluding diaryl/α,β-unsaturated/α-hetero) is 1. The van der Waals surface area contributed by atoms with Gasteiger partial charge in [0.25, 0.3) is 0 Å². The molecule has 0 spiro atoms. The first-order chi connectivity index (χ1) is 13.6. The van der Waals surface area contributed by atoms with Crippen LogP contribution in [0.25, 0.3) is 6.08 Å². The number of ether oxygens (including phenoxy) is 3. The molecule has 0 aliphatic carbocycles. The van der Waals surface area contributed by atoms with E-state index in [1.807, 2.05) is 48.5 Å². The first-order valence-corrected chi connectivity index (χ1v) is 9.51. The van der Waals surface area contributed by atoms with Crippen LogP contribution < -0.4 is 14.2 Å². The molecule has 1 aliphatic heterocycles. The molecule has 0 fully saturated rings. The molecule has 28 heavy (non-hydrogen) atoms. The second-order valence-electron chi connectivity index (χ2n) is 6.29. The van der Waals surface area contributed by atoms with Crippen LogP contribution >= 0.6 is 15.9 Å². The molecule has 0 bridgehead atoms. The van der Waals surface area contributed by atoms with Crippen molar-refractivity contribution in [2.75, 3.05) is 7.11 Å². The zero-order chi connectivity index (χ0) is 19.5. The van der Waals surface area contributed by atoms with E-state index in [1.54, 1.807) is 31.4 Å². The molecule has 5 heteroatoms. The topological polar surface area (TPSA) is 44.8 Å². The van der Waals surface area contributed by atoms with Crippen molar-refractivity contribution in [1.82, 2.24) is 0 Å². The summed E-state index contributed by atoms with van der Waals surface area (Å²) in [7, 11) is 1.63. The van der Waals surface area contributed by atoms with Crippen molar-refractivity contribution in [2.45, 2.75) is 6.61 Å². The molecule has 140 valence electrons. The number of halogens is 1. The van der Waals surface area contributed by atoms with E-state index >= 15 is 0 Å². The van der Waals surface area contributed by atoms with Gasteiger partial charge < -0.3 is 14.2 Å². The van der Waals surface area contributed by atoms with Gasteiger partial charge in [-0.25, -0.2) is 0 Å². The third-order valence-corrected chi connectivity index (χ3v) is 4.82. The van der Waals surface area contributed by atoms with E-state index in [0.717, 1.165) is 21.3 Å². The van der Waals surface area contributed by atoms with Crippen molar-refractivity contribution in [1.29, 1.82) is 0 Å². The summed E-state index contributed by atoms with van der Waals surface area (Å²) in [6, 6.07) is 20.6. The van der Waals surface area contributed by atoms with Crippen molar-refractivity contribution in [3.8, 4) is 17.2 Å². The molecule has 4 rings (SSSR count). The Labute approximate surface area is 171 Å². The summed E-state index contributed by atoms with van der Waals surface area (Å²) in [5, 5.41) is 0. The van der Waals surface area contributed by atoms with Crippen molar-refractivity contribution in [2.24, 2.45) is 0 Å². The van der Waals surface area contributed by atoms with Gasteiger partial charge in [-0.2, -0.15) is 0 Å². The van der Waals surface area contributed by atoms with Crippen LogP contribution in [-0.2, 0) is 6.61 Å². The highest BCUT2D eigenvalue weighted by Crippen LogP contribution is 2.35. The molecular formula is C23H17BrO4. The second kappa shape index (κ2) is 7.90. The van der Waals surface area contributed by atoms with Gasteiger partial charge in [-0.1, -0.05) is 40.2 Å². The minimum Gasteiger partial charge on any atom is -0.497 e. The summed E-state index contributed by atoms with van der Waals surface area (Å²) in [4.78, 5) is 12.6. The molecular weight excluding hydrogens is 420 g/mol. The van der Waals surface area contributed by atoms with Gasteiger partial charge in [0.05, 0.1) is 12.7 Å². The van der Waals surface area contributed by atoms with Crippen LogP contribution in [0.3, 0.4) is 0 Å². The Morgan fingerprint density at radius 1 is 1.00 bits per heavy atom. The van der Waals surface area contributed by atoms with Gasteiger partial charge in [-0.15, -0.1) is 0 Å². The zero-order valence-corrected chi connectivity index (χ0v) is 16.7. The number of ketones is 1. The molecule has 0 N–H and O–H groups in total. The quantitative estimate of drug-likeness (QED) is 0.484. The molecule has 0 aromatic heterocycles. The Balaban J connectivity index is 1.50. The van der Waals surface area contributed by atoms with Crippen molar-refractivity contribution in [3.63, 3.8) is 0 Å². The number of rotatable bonds is 5. The number of benzene rings is 3. The molecule has 0 atom stereocenters. The van der Waals surface area contributed by atoms with E-state index in [2.05, 4.69) is 15.9 Å². The van der Waals surface area contributed by atoms with E-state index in [-0.39, 0.29) is 5.78 Å². The van der Waals surface area contributed by atoms with Crippen LogP contribution in [0.2, 0.25) is 0 Å². The molecule has 1 heterocycles. The summed E-state index contributed by atoms with van der Waals surface area (Å²) in [6.45, 7) is 0.394. The molecule has 0 saturated carbocycles. The Kier molecular flexibility index (Phi) is 5.17. The molecule has 1 aliphatic rings. The summed E-state index contributed by atoms with van der Waals surface area (Å²) < 4.78 is 17.8. The van der Waals surface area contributed by atoms with Gasteiger partial charge in [0.2, 0.25) is 5.78 Å². The second-order valence-corrected chi connectivity index (χ2v) is 7.21.